The van der Waals surface area contributed by atoms with Gasteiger partial charge in [0, 0.05) is 43.8 Å². The summed E-state index contributed by atoms with van der Waals surface area (Å²) in [6, 6.07) is 16.7. The van der Waals surface area contributed by atoms with E-state index in [1.54, 1.807) is 0 Å². The van der Waals surface area contributed by atoms with Gasteiger partial charge in [-0.3, -0.25) is 28.2 Å². The maximum atomic E-state index is 13.6. The Bertz CT molecular complexity index is 2050. The topological polar surface area (TPSA) is 158 Å². The fraction of sp³-hybridized carbons (Fsp3) is 0.710. The third kappa shape index (κ3) is 28.7. The van der Waals surface area contributed by atoms with Crippen LogP contribution in [0.3, 0.4) is 0 Å². The van der Waals surface area contributed by atoms with Crippen LogP contribution >= 0.6 is 7.82 Å². The number of unbranched alkanes of at least 4 members (excludes halogenated alkanes) is 25. The van der Waals surface area contributed by atoms with E-state index >= 15 is 0 Å². The second kappa shape index (κ2) is 37.9. The van der Waals surface area contributed by atoms with Crippen molar-refractivity contribution in [3.05, 3.63) is 71.3 Å². The fourth-order valence-corrected chi connectivity index (χ4v) is 10.7. The van der Waals surface area contributed by atoms with Crippen LogP contribution in [0.4, 0.5) is 5.69 Å². The molecular weight excluding hydrogens is 978 g/mol. The van der Waals surface area contributed by atoms with Gasteiger partial charge in [-0.05, 0) is 60.4 Å². The van der Waals surface area contributed by atoms with E-state index in [1.807, 2.05) is 38.2 Å². The smallest absolute Gasteiger partial charge is 0.462 e. The van der Waals surface area contributed by atoms with E-state index < -0.39 is 26.5 Å². The SMILES string of the molecule is CCCCCCCCCCCCCCCC(=O)OCC(COP(=O)(O)OCC[N+](C)(C)C)OC(=O)CCCCCCCCCCCCCCCNC(=O)CCCCC(=O)N1Cc2ccccc2C2=CC2c2ccccc21. The van der Waals surface area contributed by atoms with E-state index in [0.29, 0.717) is 56.2 Å². The summed E-state index contributed by atoms with van der Waals surface area (Å²) >= 11 is 0. The van der Waals surface area contributed by atoms with Gasteiger partial charge in [-0.25, -0.2) is 4.57 Å². The van der Waals surface area contributed by atoms with Crippen LogP contribution < -0.4 is 10.2 Å². The molecule has 0 spiro atoms. The molecule has 1 heterocycles. The summed E-state index contributed by atoms with van der Waals surface area (Å²) in [5, 5.41) is 3.08. The van der Waals surface area contributed by atoms with Crippen LogP contribution in [0.5, 0.6) is 0 Å². The molecule has 1 aliphatic heterocycles. The predicted molar refractivity (Wildman–Crippen MR) is 307 cm³/mol. The Hall–Kier alpha value is -3.87. The number of quaternary nitrogens is 1. The lowest BCUT2D eigenvalue weighted by atomic mass is 9.94. The number of nitrogens with zero attached hydrogens (tertiary/aromatic N) is 2. The molecule has 0 fully saturated rings. The van der Waals surface area contributed by atoms with Crippen molar-refractivity contribution in [2.24, 2.45) is 0 Å². The Balaban J connectivity index is 0.959. The van der Waals surface area contributed by atoms with Gasteiger partial charge < -0.3 is 29.1 Å². The van der Waals surface area contributed by atoms with Gasteiger partial charge in [0.1, 0.15) is 19.8 Å². The van der Waals surface area contributed by atoms with Crippen molar-refractivity contribution in [3.63, 3.8) is 0 Å². The number of hydrogen-bond donors (Lipinski definition) is 2. The Morgan fingerprint density at radius 3 is 1.75 bits per heavy atom. The van der Waals surface area contributed by atoms with Gasteiger partial charge in [0.15, 0.2) is 6.10 Å². The number of amides is 2. The molecular formula is C62H101N3O10P+. The van der Waals surface area contributed by atoms with Crippen LogP contribution in [-0.4, -0.2) is 93.3 Å². The number of fused-ring (bicyclic) bond motifs is 5. The molecule has 0 aromatic heterocycles. The third-order valence-electron chi connectivity index (χ3n) is 14.7. The molecule has 2 aromatic rings. The second-order valence-electron chi connectivity index (χ2n) is 22.6. The number of phosphoric acid groups is 1. The molecule has 0 saturated heterocycles. The third-order valence-corrected chi connectivity index (χ3v) is 15.7. The quantitative estimate of drug-likeness (QED) is 0.0283. The number of carbonyl (C=O) groups excluding carboxylic acids is 4. The molecule has 2 N–H and O–H groups in total. The van der Waals surface area contributed by atoms with Crippen molar-refractivity contribution in [2.45, 2.75) is 231 Å². The van der Waals surface area contributed by atoms with E-state index in [-0.39, 0.29) is 49.8 Å². The predicted octanol–water partition coefficient (Wildman–Crippen LogP) is 14.6. The molecule has 2 aromatic carbocycles. The highest BCUT2D eigenvalue weighted by Gasteiger charge is 2.35. The number of phosphoric ester groups is 1. The monoisotopic (exact) mass is 1080 g/mol. The lowest BCUT2D eigenvalue weighted by Crippen LogP contribution is -2.37. The average molecular weight is 1080 g/mol. The van der Waals surface area contributed by atoms with Gasteiger partial charge in [0.25, 0.3) is 0 Å². The summed E-state index contributed by atoms with van der Waals surface area (Å²) in [6.45, 7) is 3.35. The molecule has 2 aliphatic rings. The number of allylic oxidation sites excluding steroid dienone is 2. The van der Waals surface area contributed by atoms with Gasteiger partial charge in [-0.1, -0.05) is 203 Å². The lowest BCUT2D eigenvalue weighted by Gasteiger charge is -2.28. The van der Waals surface area contributed by atoms with Crippen molar-refractivity contribution in [1.82, 2.24) is 5.32 Å². The van der Waals surface area contributed by atoms with E-state index in [1.165, 1.54) is 131 Å². The van der Waals surface area contributed by atoms with Crippen LogP contribution in [0, 0.1) is 0 Å². The molecule has 0 saturated carbocycles. The van der Waals surface area contributed by atoms with Gasteiger partial charge >= 0.3 is 19.8 Å². The van der Waals surface area contributed by atoms with Crippen molar-refractivity contribution in [2.75, 3.05) is 59.0 Å². The molecule has 13 nitrogen and oxygen atoms in total. The van der Waals surface area contributed by atoms with Crippen molar-refractivity contribution < 1.29 is 51.6 Å². The summed E-state index contributed by atoms with van der Waals surface area (Å²) < 4.78 is 34.5. The second-order valence-corrected chi connectivity index (χ2v) is 24.1. The van der Waals surface area contributed by atoms with Crippen molar-refractivity contribution in [3.8, 4) is 0 Å². The van der Waals surface area contributed by atoms with E-state index in [2.05, 4.69) is 54.7 Å². The number of para-hydroxylation sites is 1. The highest BCUT2D eigenvalue weighted by atomic mass is 31.2. The summed E-state index contributed by atoms with van der Waals surface area (Å²) in [4.78, 5) is 63.8. The summed E-state index contributed by atoms with van der Waals surface area (Å²) in [7, 11) is 1.43. The number of likely N-dealkylation sites (N-methyl/N-ethyl adjacent to an activating group) is 1. The highest BCUT2D eigenvalue weighted by molar-refractivity contribution is 7.47. The first kappa shape index (κ1) is 64.7. The average Bonchev–Trinajstić information content (AvgIpc) is 4.25. The summed E-state index contributed by atoms with van der Waals surface area (Å²) in [6.07, 6.45) is 34.1. The van der Waals surface area contributed by atoms with Crippen LogP contribution in [0.2, 0.25) is 0 Å². The Morgan fingerprint density at radius 2 is 1.14 bits per heavy atom. The lowest BCUT2D eigenvalue weighted by molar-refractivity contribution is -0.870. The summed E-state index contributed by atoms with van der Waals surface area (Å²) in [5.74, 6) is -0.381. The first-order chi connectivity index (χ1) is 36.8. The standard InChI is InChI=1S/C62H100N3O10P/c1-5-6-7-8-9-10-11-13-16-19-22-25-28-43-61(68)72-50-53(51-74-76(70,71)73-47-46-65(2,3)4)75-62(69)44-29-26-23-20-17-14-12-15-18-21-24-27-36-45-63-59(66)41-34-35-42-60(67)64-49-52-37-30-31-38-54(52)56-48-57(56)55-39-32-33-40-58(55)64/h30-33,37-40,48,53,57H,5-29,34-36,41-47,49-51H2,1-4H3,(H-,63,66,70,71)/p+1. The Labute approximate surface area is 459 Å². The number of ether oxygens (including phenoxy) is 2. The molecule has 14 heteroatoms. The minimum absolute atomic E-state index is 0.0166. The molecule has 0 bridgehead atoms. The number of anilines is 1. The minimum Gasteiger partial charge on any atom is -0.462 e. The normalized spacial score (nSPS) is 15.0. The van der Waals surface area contributed by atoms with Crippen LogP contribution in [0.1, 0.15) is 235 Å². The zero-order chi connectivity index (χ0) is 54.7. The molecule has 2 amide bonds. The minimum atomic E-state index is -4.40. The zero-order valence-electron chi connectivity index (χ0n) is 47.7. The molecule has 1 aliphatic carbocycles. The van der Waals surface area contributed by atoms with Crippen LogP contribution in [0.25, 0.3) is 5.57 Å². The van der Waals surface area contributed by atoms with Crippen molar-refractivity contribution >= 4 is 42.8 Å². The summed E-state index contributed by atoms with van der Waals surface area (Å²) in [5.41, 5.74) is 5.97. The molecule has 428 valence electrons. The largest absolute Gasteiger partial charge is 0.472 e. The van der Waals surface area contributed by atoms with Gasteiger partial charge in [-0.2, -0.15) is 0 Å². The molecule has 3 unspecified atom stereocenters. The number of benzene rings is 2. The molecule has 0 radical (unpaired) electrons. The van der Waals surface area contributed by atoms with Gasteiger partial charge in [0.05, 0.1) is 34.3 Å². The maximum Gasteiger partial charge on any atom is 0.472 e. The molecule has 3 atom stereocenters. The number of hydrogen-bond acceptors (Lipinski definition) is 9. The first-order valence-electron chi connectivity index (χ1n) is 30.0. The Morgan fingerprint density at radius 1 is 0.632 bits per heavy atom. The zero-order valence-corrected chi connectivity index (χ0v) is 48.6. The van der Waals surface area contributed by atoms with Gasteiger partial charge in [-0.15, -0.1) is 0 Å². The number of esters is 2. The number of rotatable bonds is 45. The van der Waals surface area contributed by atoms with Crippen LogP contribution in [0.15, 0.2) is 54.6 Å². The maximum absolute atomic E-state index is 13.6. The molecule has 76 heavy (non-hydrogen) atoms. The van der Waals surface area contributed by atoms with E-state index in [4.69, 9.17) is 18.5 Å². The van der Waals surface area contributed by atoms with Crippen molar-refractivity contribution in [1.29, 1.82) is 0 Å². The fourth-order valence-electron chi connectivity index (χ4n) is 9.96. The number of nitrogens with one attached hydrogen (secondary N) is 1. The highest BCUT2D eigenvalue weighted by Crippen LogP contribution is 2.52. The molecule has 4 rings (SSSR count). The van der Waals surface area contributed by atoms with Gasteiger partial charge in [0.2, 0.25) is 11.8 Å². The van der Waals surface area contributed by atoms with E-state index in [9.17, 15) is 28.6 Å². The number of carbonyl (C=O) groups is 4. The van der Waals surface area contributed by atoms with Crippen LogP contribution in [-0.2, 0) is 48.8 Å². The first-order valence-corrected chi connectivity index (χ1v) is 31.5. The van der Waals surface area contributed by atoms with E-state index in [0.717, 1.165) is 57.1 Å². The Kier molecular flexibility index (Phi) is 32.2.